The Morgan fingerprint density at radius 1 is 1.17 bits per heavy atom. The van der Waals surface area contributed by atoms with E-state index in [0.717, 1.165) is 11.3 Å². The number of rotatable bonds is 3. The lowest BCUT2D eigenvalue weighted by atomic mass is 10.2. The molecule has 1 amide bonds. The molecular weight excluding hydrogens is 362 g/mol. The normalized spacial score (nSPS) is 10.6. The fourth-order valence-electron chi connectivity index (χ4n) is 2.21. The summed E-state index contributed by atoms with van der Waals surface area (Å²) in [5, 5.41) is 3.46. The van der Waals surface area contributed by atoms with Crippen LogP contribution in [0.3, 0.4) is 0 Å². The SMILES string of the molecule is Cc1ccc(NC(=O)c2sc(=S)n(-c3ccc(Cl)cc3)c2N)cc1. The van der Waals surface area contributed by atoms with Crippen LogP contribution in [-0.2, 0) is 0 Å². The van der Waals surface area contributed by atoms with Gasteiger partial charge in [-0.05, 0) is 55.5 Å². The third kappa shape index (κ3) is 3.36. The molecule has 3 N–H and O–H groups in total. The quantitative estimate of drug-likeness (QED) is 0.628. The Morgan fingerprint density at radius 2 is 1.79 bits per heavy atom. The number of hydrogen-bond donors (Lipinski definition) is 2. The van der Waals surface area contributed by atoms with Gasteiger partial charge in [0, 0.05) is 16.4 Å². The van der Waals surface area contributed by atoms with Gasteiger partial charge >= 0.3 is 0 Å². The average Bonchev–Trinajstić information content (AvgIpc) is 2.85. The van der Waals surface area contributed by atoms with Crippen LogP contribution < -0.4 is 11.1 Å². The number of hydrogen-bond acceptors (Lipinski definition) is 4. The predicted octanol–water partition coefficient (Wildman–Crippen LogP) is 5.06. The number of halogens is 1. The van der Waals surface area contributed by atoms with Crippen molar-refractivity contribution in [1.82, 2.24) is 4.57 Å². The number of nitrogens with two attached hydrogens (primary N) is 1. The highest BCUT2D eigenvalue weighted by molar-refractivity contribution is 7.73. The molecule has 0 aliphatic carbocycles. The van der Waals surface area contributed by atoms with Crippen LogP contribution in [0.4, 0.5) is 11.5 Å². The fourth-order valence-corrected chi connectivity index (χ4v) is 3.60. The Bertz CT molecular complexity index is 943. The van der Waals surface area contributed by atoms with Crippen LogP contribution in [0.2, 0.25) is 5.02 Å². The van der Waals surface area contributed by atoms with E-state index in [1.165, 1.54) is 11.3 Å². The molecule has 24 heavy (non-hydrogen) atoms. The van der Waals surface area contributed by atoms with Crippen LogP contribution >= 0.6 is 35.2 Å². The van der Waals surface area contributed by atoms with Crippen molar-refractivity contribution in [3.05, 3.63) is 67.9 Å². The van der Waals surface area contributed by atoms with Crippen molar-refractivity contribution in [2.75, 3.05) is 11.1 Å². The lowest BCUT2D eigenvalue weighted by Gasteiger charge is -2.07. The molecule has 3 aromatic rings. The van der Waals surface area contributed by atoms with Crippen molar-refractivity contribution in [3.8, 4) is 5.69 Å². The van der Waals surface area contributed by atoms with E-state index in [4.69, 9.17) is 29.6 Å². The molecule has 0 radical (unpaired) electrons. The van der Waals surface area contributed by atoms with Gasteiger partial charge in [-0.2, -0.15) is 0 Å². The highest BCUT2D eigenvalue weighted by atomic mass is 35.5. The lowest BCUT2D eigenvalue weighted by molar-refractivity contribution is 0.103. The number of carbonyl (C=O) groups is 1. The number of aryl methyl sites for hydroxylation is 1. The highest BCUT2D eigenvalue weighted by Gasteiger charge is 2.18. The fraction of sp³-hybridized carbons (Fsp3) is 0.0588. The van der Waals surface area contributed by atoms with Gasteiger partial charge in [-0.15, -0.1) is 0 Å². The topological polar surface area (TPSA) is 60.0 Å². The van der Waals surface area contributed by atoms with E-state index < -0.39 is 0 Å². The zero-order valence-corrected chi connectivity index (χ0v) is 15.1. The van der Waals surface area contributed by atoms with Gasteiger partial charge in [-0.1, -0.05) is 40.6 Å². The number of benzene rings is 2. The summed E-state index contributed by atoms with van der Waals surface area (Å²) in [4.78, 5) is 12.9. The van der Waals surface area contributed by atoms with Gasteiger partial charge in [-0.25, -0.2) is 0 Å². The monoisotopic (exact) mass is 375 g/mol. The molecule has 0 fully saturated rings. The van der Waals surface area contributed by atoms with E-state index in [0.29, 0.717) is 25.4 Å². The minimum Gasteiger partial charge on any atom is -0.383 e. The summed E-state index contributed by atoms with van der Waals surface area (Å²) in [6.45, 7) is 1.99. The molecule has 122 valence electrons. The summed E-state index contributed by atoms with van der Waals surface area (Å²) in [6.07, 6.45) is 0. The maximum Gasteiger partial charge on any atom is 0.269 e. The zero-order chi connectivity index (χ0) is 17.3. The first-order valence-corrected chi connectivity index (χ1v) is 8.71. The molecule has 0 aliphatic heterocycles. The average molecular weight is 376 g/mol. The van der Waals surface area contributed by atoms with Crippen molar-refractivity contribution >= 4 is 52.6 Å². The molecule has 0 bridgehead atoms. The van der Waals surface area contributed by atoms with Gasteiger partial charge in [0.05, 0.1) is 0 Å². The smallest absolute Gasteiger partial charge is 0.269 e. The first kappa shape index (κ1) is 16.7. The van der Waals surface area contributed by atoms with Gasteiger partial charge in [0.15, 0.2) is 3.95 Å². The molecule has 7 heteroatoms. The Kier molecular flexibility index (Phi) is 4.71. The molecule has 2 aromatic carbocycles. The van der Waals surface area contributed by atoms with Gasteiger partial charge in [0.1, 0.15) is 10.7 Å². The largest absolute Gasteiger partial charge is 0.383 e. The van der Waals surface area contributed by atoms with E-state index in [1.807, 2.05) is 43.3 Å². The molecule has 3 rings (SSSR count). The highest BCUT2D eigenvalue weighted by Crippen LogP contribution is 2.27. The molecule has 4 nitrogen and oxygen atoms in total. The zero-order valence-electron chi connectivity index (χ0n) is 12.7. The van der Waals surface area contributed by atoms with Crippen molar-refractivity contribution in [2.45, 2.75) is 6.92 Å². The van der Waals surface area contributed by atoms with Gasteiger partial charge < -0.3 is 11.1 Å². The second-order valence-corrected chi connectivity index (χ2v) is 7.29. The summed E-state index contributed by atoms with van der Waals surface area (Å²) < 4.78 is 2.17. The number of thiazole rings is 1. The molecule has 0 saturated heterocycles. The van der Waals surface area contributed by atoms with Crippen LogP contribution in [0.15, 0.2) is 48.5 Å². The Balaban J connectivity index is 1.93. The van der Waals surface area contributed by atoms with Crippen LogP contribution in [0.25, 0.3) is 5.69 Å². The van der Waals surface area contributed by atoms with Gasteiger partial charge in [0.25, 0.3) is 5.91 Å². The summed E-state index contributed by atoms with van der Waals surface area (Å²) in [7, 11) is 0. The molecule has 0 unspecified atom stereocenters. The van der Waals surface area contributed by atoms with Gasteiger partial charge in [0.2, 0.25) is 0 Å². The molecular formula is C17H14ClN3OS2. The minimum atomic E-state index is -0.278. The van der Waals surface area contributed by atoms with Crippen molar-refractivity contribution in [2.24, 2.45) is 0 Å². The standard InChI is InChI=1S/C17H14ClN3OS2/c1-10-2-6-12(7-3-10)20-16(22)14-15(19)21(17(23)24-14)13-8-4-11(18)5-9-13/h2-9H,19H2,1H3,(H,20,22). The molecule has 0 spiro atoms. The number of anilines is 2. The number of carbonyl (C=O) groups excluding carboxylic acids is 1. The molecule has 1 aromatic heterocycles. The Labute approximate surface area is 153 Å². The molecule has 0 saturated carbocycles. The first-order chi connectivity index (χ1) is 11.5. The predicted molar refractivity (Wildman–Crippen MR) is 103 cm³/mol. The van der Waals surface area contributed by atoms with Crippen molar-refractivity contribution in [3.63, 3.8) is 0 Å². The van der Waals surface area contributed by atoms with E-state index in [1.54, 1.807) is 16.7 Å². The molecule has 0 atom stereocenters. The molecule has 1 heterocycles. The number of nitrogens with one attached hydrogen (secondary N) is 1. The summed E-state index contributed by atoms with van der Waals surface area (Å²) in [6, 6.07) is 14.7. The maximum absolute atomic E-state index is 12.5. The van der Waals surface area contributed by atoms with E-state index in [9.17, 15) is 4.79 Å². The Morgan fingerprint density at radius 3 is 2.42 bits per heavy atom. The van der Waals surface area contributed by atoms with E-state index in [2.05, 4.69) is 5.32 Å². The minimum absolute atomic E-state index is 0.278. The van der Waals surface area contributed by atoms with E-state index >= 15 is 0 Å². The second-order valence-electron chi connectivity index (χ2n) is 5.21. The number of nitrogen functional groups attached to an aromatic ring is 1. The summed E-state index contributed by atoms with van der Waals surface area (Å²) in [5.74, 6) is 0.0390. The van der Waals surface area contributed by atoms with Crippen molar-refractivity contribution < 1.29 is 4.79 Å². The van der Waals surface area contributed by atoms with Crippen LogP contribution in [0.5, 0.6) is 0 Å². The first-order valence-electron chi connectivity index (χ1n) is 7.11. The maximum atomic E-state index is 12.5. The summed E-state index contributed by atoms with van der Waals surface area (Å²) >= 11 is 12.5. The number of amides is 1. The van der Waals surface area contributed by atoms with E-state index in [-0.39, 0.29) is 5.91 Å². The van der Waals surface area contributed by atoms with Crippen molar-refractivity contribution in [1.29, 1.82) is 0 Å². The lowest BCUT2D eigenvalue weighted by Crippen LogP contribution is -2.13. The third-order valence-corrected chi connectivity index (χ3v) is 5.09. The molecule has 0 aliphatic rings. The van der Waals surface area contributed by atoms with Crippen LogP contribution in [0.1, 0.15) is 15.2 Å². The van der Waals surface area contributed by atoms with Crippen LogP contribution in [0, 0.1) is 10.9 Å². The van der Waals surface area contributed by atoms with Gasteiger partial charge in [-0.3, -0.25) is 9.36 Å². The Hall–Kier alpha value is -2.15. The number of nitrogens with zero attached hydrogens (tertiary/aromatic N) is 1. The van der Waals surface area contributed by atoms with Crippen LogP contribution in [-0.4, -0.2) is 10.5 Å². The second kappa shape index (κ2) is 6.76. The number of aromatic nitrogens is 1. The third-order valence-electron chi connectivity index (χ3n) is 3.45. The summed E-state index contributed by atoms with van der Waals surface area (Å²) in [5.41, 5.74) is 8.77.